The topological polar surface area (TPSA) is 30.5 Å². The summed E-state index contributed by atoms with van der Waals surface area (Å²) in [5.74, 6) is 1.21. The van der Waals surface area contributed by atoms with E-state index in [9.17, 15) is 0 Å². The summed E-state index contributed by atoms with van der Waals surface area (Å²) in [5, 5.41) is 4.52. The Morgan fingerprint density at radius 3 is 2.38 bits per heavy atom. The Kier molecular flexibility index (Phi) is 5.62. The molecule has 112 valence electrons. The number of methoxy groups -OCH3 is 2. The van der Waals surface area contributed by atoms with Crippen molar-refractivity contribution in [2.75, 3.05) is 19.5 Å². The van der Waals surface area contributed by atoms with Gasteiger partial charge < -0.3 is 14.8 Å². The van der Waals surface area contributed by atoms with Crippen molar-refractivity contribution in [3.63, 3.8) is 0 Å². The molecule has 1 N–H and O–H groups in total. The first-order valence-electron chi connectivity index (χ1n) is 6.14. The number of benzene rings is 2. The van der Waals surface area contributed by atoms with E-state index in [2.05, 4.69) is 21.2 Å². The standard InChI is InChI=1S/C15H14BrCl2NO2/c1-20-14-6-12(18)13(7-15(14)21-2)19-8-9-5-10(17)3-4-11(9)16/h3-7,19H,8H2,1-2H3. The Morgan fingerprint density at radius 1 is 1.05 bits per heavy atom. The summed E-state index contributed by atoms with van der Waals surface area (Å²) < 4.78 is 11.5. The van der Waals surface area contributed by atoms with Gasteiger partial charge in [0, 0.05) is 28.2 Å². The number of rotatable bonds is 5. The van der Waals surface area contributed by atoms with Crippen LogP contribution in [0.15, 0.2) is 34.8 Å². The van der Waals surface area contributed by atoms with Crippen molar-refractivity contribution in [1.82, 2.24) is 0 Å². The lowest BCUT2D eigenvalue weighted by molar-refractivity contribution is 0.355. The van der Waals surface area contributed by atoms with E-state index in [-0.39, 0.29) is 0 Å². The Bertz CT molecular complexity index is 650. The highest BCUT2D eigenvalue weighted by atomic mass is 79.9. The first kappa shape index (κ1) is 16.3. The third-order valence-electron chi connectivity index (χ3n) is 2.95. The summed E-state index contributed by atoms with van der Waals surface area (Å²) in [7, 11) is 3.16. The fourth-order valence-electron chi connectivity index (χ4n) is 1.86. The van der Waals surface area contributed by atoms with Crippen molar-refractivity contribution >= 4 is 44.8 Å². The van der Waals surface area contributed by atoms with Crippen molar-refractivity contribution in [2.24, 2.45) is 0 Å². The average Bonchev–Trinajstić information content (AvgIpc) is 2.48. The van der Waals surface area contributed by atoms with Crippen LogP contribution in [0.25, 0.3) is 0 Å². The van der Waals surface area contributed by atoms with E-state index >= 15 is 0 Å². The summed E-state index contributed by atoms with van der Waals surface area (Å²) in [5.41, 5.74) is 1.80. The van der Waals surface area contributed by atoms with Gasteiger partial charge in [0.2, 0.25) is 0 Å². The lowest BCUT2D eigenvalue weighted by Gasteiger charge is -2.14. The highest BCUT2D eigenvalue weighted by Gasteiger charge is 2.10. The Labute approximate surface area is 142 Å². The summed E-state index contributed by atoms with van der Waals surface area (Å²) in [6, 6.07) is 9.16. The molecule has 0 saturated heterocycles. The molecule has 0 radical (unpaired) electrons. The fourth-order valence-corrected chi connectivity index (χ4v) is 2.66. The van der Waals surface area contributed by atoms with Gasteiger partial charge in [-0.05, 0) is 23.8 Å². The summed E-state index contributed by atoms with van der Waals surface area (Å²) >= 11 is 15.7. The molecule has 0 heterocycles. The predicted octanol–water partition coefficient (Wildman–Crippen LogP) is 5.39. The molecule has 0 unspecified atom stereocenters. The lowest BCUT2D eigenvalue weighted by atomic mass is 10.2. The van der Waals surface area contributed by atoms with Crippen molar-refractivity contribution in [3.05, 3.63) is 50.4 Å². The van der Waals surface area contributed by atoms with Gasteiger partial charge in [0.25, 0.3) is 0 Å². The van der Waals surface area contributed by atoms with E-state index < -0.39 is 0 Å². The highest BCUT2D eigenvalue weighted by Crippen LogP contribution is 2.36. The normalized spacial score (nSPS) is 10.3. The SMILES string of the molecule is COc1cc(Cl)c(NCc2cc(Cl)ccc2Br)cc1OC. The van der Waals surface area contributed by atoms with Gasteiger partial charge in [0.15, 0.2) is 11.5 Å². The van der Waals surface area contributed by atoms with Crippen LogP contribution in [0, 0.1) is 0 Å². The van der Waals surface area contributed by atoms with E-state index in [0.717, 1.165) is 15.7 Å². The zero-order valence-corrected chi connectivity index (χ0v) is 14.6. The van der Waals surface area contributed by atoms with E-state index in [1.54, 1.807) is 26.4 Å². The number of ether oxygens (including phenoxy) is 2. The second-order valence-electron chi connectivity index (χ2n) is 4.28. The Balaban J connectivity index is 2.21. The maximum Gasteiger partial charge on any atom is 0.162 e. The molecule has 0 aliphatic heterocycles. The second kappa shape index (κ2) is 7.25. The van der Waals surface area contributed by atoms with Gasteiger partial charge >= 0.3 is 0 Å². The largest absolute Gasteiger partial charge is 0.493 e. The molecule has 0 bridgehead atoms. The Morgan fingerprint density at radius 2 is 1.71 bits per heavy atom. The Hall–Kier alpha value is -1.10. The number of nitrogens with one attached hydrogen (secondary N) is 1. The number of halogens is 3. The van der Waals surface area contributed by atoms with Crippen LogP contribution in [0.2, 0.25) is 10.0 Å². The van der Waals surface area contributed by atoms with E-state index in [4.69, 9.17) is 32.7 Å². The molecule has 2 rings (SSSR count). The van der Waals surface area contributed by atoms with Gasteiger partial charge in [0.1, 0.15) is 0 Å². The second-order valence-corrected chi connectivity index (χ2v) is 5.97. The minimum absolute atomic E-state index is 0.561. The minimum atomic E-state index is 0.561. The lowest BCUT2D eigenvalue weighted by Crippen LogP contribution is -2.02. The monoisotopic (exact) mass is 389 g/mol. The molecule has 0 spiro atoms. The molecular weight excluding hydrogens is 377 g/mol. The molecule has 0 fully saturated rings. The molecule has 3 nitrogen and oxygen atoms in total. The quantitative estimate of drug-likeness (QED) is 0.742. The summed E-state index contributed by atoms with van der Waals surface area (Å²) in [4.78, 5) is 0. The van der Waals surface area contributed by atoms with Gasteiger partial charge in [-0.25, -0.2) is 0 Å². The first-order valence-corrected chi connectivity index (χ1v) is 7.69. The fraction of sp³-hybridized carbons (Fsp3) is 0.200. The van der Waals surface area contributed by atoms with Crippen LogP contribution in [0.4, 0.5) is 5.69 Å². The highest BCUT2D eigenvalue weighted by molar-refractivity contribution is 9.10. The molecule has 6 heteroatoms. The molecule has 0 amide bonds. The van der Waals surface area contributed by atoms with Crippen LogP contribution in [0.3, 0.4) is 0 Å². The van der Waals surface area contributed by atoms with Crippen LogP contribution in [0.1, 0.15) is 5.56 Å². The van der Waals surface area contributed by atoms with Gasteiger partial charge in [0.05, 0.1) is 24.9 Å². The number of hydrogen-bond donors (Lipinski definition) is 1. The molecule has 0 aliphatic rings. The molecule has 2 aromatic rings. The van der Waals surface area contributed by atoms with Gasteiger partial charge in [-0.1, -0.05) is 39.1 Å². The average molecular weight is 391 g/mol. The van der Waals surface area contributed by atoms with Crippen LogP contribution in [-0.2, 0) is 6.54 Å². The summed E-state index contributed by atoms with van der Waals surface area (Å²) in [6.07, 6.45) is 0. The summed E-state index contributed by atoms with van der Waals surface area (Å²) in [6.45, 7) is 0.580. The smallest absolute Gasteiger partial charge is 0.162 e. The third kappa shape index (κ3) is 3.96. The van der Waals surface area contributed by atoms with Gasteiger partial charge in [-0.2, -0.15) is 0 Å². The van der Waals surface area contributed by atoms with Crippen LogP contribution >= 0.6 is 39.1 Å². The zero-order chi connectivity index (χ0) is 15.4. The molecular formula is C15H14BrCl2NO2. The zero-order valence-electron chi connectivity index (χ0n) is 11.5. The van der Waals surface area contributed by atoms with E-state index in [0.29, 0.717) is 28.1 Å². The molecule has 2 aromatic carbocycles. The van der Waals surface area contributed by atoms with E-state index in [1.807, 2.05) is 18.2 Å². The van der Waals surface area contributed by atoms with Crippen molar-refractivity contribution in [2.45, 2.75) is 6.54 Å². The van der Waals surface area contributed by atoms with Gasteiger partial charge in [-0.15, -0.1) is 0 Å². The van der Waals surface area contributed by atoms with Crippen LogP contribution < -0.4 is 14.8 Å². The molecule has 21 heavy (non-hydrogen) atoms. The third-order valence-corrected chi connectivity index (χ3v) is 4.27. The number of anilines is 1. The van der Waals surface area contributed by atoms with Crippen molar-refractivity contribution < 1.29 is 9.47 Å². The first-order chi connectivity index (χ1) is 10.0. The molecule has 0 atom stereocenters. The predicted molar refractivity (Wildman–Crippen MR) is 91.0 cm³/mol. The minimum Gasteiger partial charge on any atom is -0.493 e. The van der Waals surface area contributed by atoms with E-state index in [1.165, 1.54) is 0 Å². The van der Waals surface area contributed by atoms with Crippen LogP contribution in [0.5, 0.6) is 11.5 Å². The maximum absolute atomic E-state index is 6.24. The molecule has 0 aromatic heterocycles. The van der Waals surface area contributed by atoms with Crippen LogP contribution in [-0.4, -0.2) is 14.2 Å². The number of hydrogen-bond acceptors (Lipinski definition) is 3. The maximum atomic E-state index is 6.24. The molecule has 0 aliphatic carbocycles. The van der Waals surface area contributed by atoms with Crippen molar-refractivity contribution in [3.8, 4) is 11.5 Å². The molecule has 0 saturated carbocycles. The van der Waals surface area contributed by atoms with Crippen molar-refractivity contribution in [1.29, 1.82) is 0 Å². The van der Waals surface area contributed by atoms with Gasteiger partial charge in [-0.3, -0.25) is 0 Å².